The van der Waals surface area contributed by atoms with E-state index in [-0.39, 0.29) is 0 Å². The quantitative estimate of drug-likeness (QED) is 0.912. The van der Waals surface area contributed by atoms with Crippen LogP contribution in [0.2, 0.25) is 5.02 Å². The molecule has 1 heterocycles. The fourth-order valence-corrected chi connectivity index (χ4v) is 1.63. The first kappa shape index (κ1) is 13.4. The highest BCUT2D eigenvalue weighted by Crippen LogP contribution is 2.23. The SMILES string of the molecule is CNc1ncc(Cl)c(OCc2cccc(OC)c2)n1. The lowest BCUT2D eigenvalue weighted by molar-refractivity contribution is 0.293. The molecule has 0 atom stereocenters. The second-order valence-electron chi connectivity index (χ2n) is 3.74. The first-order chi connectivity index (χ1) is 9.22. The highest BCUT2D eigenvalue weighted by molar-refractivity contribution is 6.31. The van der Waals surface area contributed by atoms with Crippen molar-refractivity contribution >= 4 is 17.5 Å². The molecule has 19 heavy (non-hydrogen) atoms. The van der Waals surface area contributed by atoms with Crippen molar-refractivity contribution < 1.29 is 9.47 Å². The normalized spacial score (nSPS) is 10.1. The smallest absolute Gasteiger partial charge is 0.237 e. The Kier molecular flexibility index (Phi) is 4.41. The summed E-state index contributed by atoms with van der Waals surface area (Å²) in [5, 5.41) is 3.21. The number of anilines is 1. The number of nitrogens with zero attached hydrogens (tertiary/aromatic N) is 2. The van der Waals surface area contributed by atoms with Crippen molar-refractivity contribution in [2.75, 3.05) is 19.5 Å². The van der Waals surface area contributed by atoms with E-state index in [1.54, 1.807) is 14.2 Å². The Morgan fingerprint density at radius 3 is 2.95 bits per heavy atom. The standard InChI is InChI=1S/C13H14ClN3O2/c1-15-13-16-7-11(14)12(17-13)19-8-9-4-3-5-10(6-9)18-2/h3-7H,8H2,1-2H3,(H,15,16,17). The highest BCUT2D eigenvalue weighted by Gasteiger charge is 2.06. The van der Waals surface area contributed by atoms with Gasteiger partial charge in [0, 0.05) is 7.05 Å². The van der Waals surface area contributed by atoms with Gasteiger partial charge in [-0.1, -0.05) is 23.7 Å². The zero-order valence-corrected chi connectivity index (χ0v) is 11.4. The van der Waals surface area contributed by atoms with Gasteiger partial charge in [0.2, 0.25) is 11.8 Å². The summed E-state index contributed by atoms with van der Waals surface area (Å²) < 4.78 is 10.7. The topological polar surface area (TPSA) is 56.3 Å². The minimum absolute atomic E-state index is 0.351. The van der Waals surface area contributed by atoms with E-state index in [1.165, 1.54) is 6.20 Å². The maximum absolute atomic E-state index is 5.98. The lowest BCUT2D eigenvalue weighted by Crippen LogP contribution is -2.02. The third-order valence-electron chi connectivity index (χ3n) is 2.45. The van der Waals surface area contributed by atoms with Gasteiger partial charge >= 0.3 is 0 Å². The number of benzene rings is 1. The van der Waals surface area contributed by atoms with Crippen molar-refractivity contribution in [3.63, 3.8) is 0 Å². The number of hydrogen-bond acceptors (Lipinski definition) is 5. The third-order valence-corrected chi connectivity index (χ3v) is 2.70. The zero-order chi connectivity index (χ0) is 13.7. The maximum Gasteiger partial charge on any atom is 0.237 e. The van der Waals surface area contributed by atoms with Crippen LogP contribution in [-0.4, -0.2) is 24.1 Å². The average molecular weight is 280 g/mol. The minimum Gasteiger partial charge on any atom is -0.497 e. The van der Waals surface area contributed by atoms with Crippen LogP contribution >= 0.6 is 11.6 Å². The Bertz CT molecular complexity index is 563. The van der Waals surface area contributed by atoms with Gasteiger partial charge in [0.25, 0.3) is 0 Å². The molecule has 0 saturated heterocycles. The van der Waals surface area contributed by atoms with Crippen LogP contribution in [0, 0.1) is 0 Å². The molecule has 0 bridgehead atoms. The van der Waals surface area contributed by atoms with Gasteiger partial charge in [-0.25, -0.2) is 4.98 Å². The molecule has 0 aliphatic carbocycles. The summed E-state index contributed by atoms with van der Waals surface area (Å²) in [6.45, 7) is 0.358. The number of rotatable bonds is 5. The zero-order valence-electron chi connectivity index (χ0n) is 10.7. The van der Waals surface area contributed by atoms with E-state index in [0.29, 0.717) is 23.5 Å². The largest absolute Gasteiger partial charge is 0.497 e. The van der Waals surface area contributed by atoms with Gasteiger partial charge in [0.15, 0.2) is 0 Å². The van der Waals surface area contributed by atoms with E-state index in [0.717, 1.165) is 11.3 Å². The van der Waals surface area contributed by atoms with Crippen LogP contribution < -0.4 is 14.8 Å². The third kappa shape index (κ3) is 3.48. The molecule has 0 amide bonds. The van der Waals surface area contributed by atoms with Crippen molar-refractivity contribution in [2.24, 2.45) is 0 Å². The van der Waals surface area contributed by atoms with E-state index in [1.807, 2.05) is 24.3 Å². The molecule has 6 heteroatoms. The summed E-state index contributed by atoms with van der Waals surface area (Å²) in [6, 6.07) is 7.61. The van der Waals surface area contributed by atoms with Crippen molar-refractivity contribution in [2.45, 2.75) is 6.61 Å². The number of methoxy groups -OCH3 is 1. The molecule has 1 N–H and O–H groups in total. The van der Waals surface area contributed by atoms with E-state index in [9.17, 15) is 0 Å². The molecular formula is C13H14ClN3O2. The molecule has 1 aromatic heterocycles. The van der Waals surface area contributed by atoms with Crippen molar-refractivity contribution in [1.82, 2.24) is 9.97 Å². The molecule has 0 spiro atoms. The summed E-state index contributed by atoms with van der Waals surface area (Å²) in [5.41, 5.74) is 0.972. The summed E-state index contributed by atoms with van der Waals surface area (Å²) >= 11 is 5.98. The van der Waals surface area contributed by atoms with Gasteiger partial charge in [0.1, 0.15) is 17.4 Å². The molecule has 5 nitrogen and oxygen atoms in total. The molecule has 0 aliphatic heterocycles. The van der Waals surface area contributed by atoms with Crippen molar-refractivity contribution in [3.8, 4) is 11.6 Å². The Balaban J connectivity index is 2.09. The van der Waals surface area contributed by atoms with Gasteiger partial charge in [0.05, 0.1) is 13.3 Å². The number of nitrogens with one attached hydrogen (secondary N) is 1. The van der Waals surface area contributed by atoms with Gasteiger partial charge < -0.3 is 14.8 Å². The van der Waals surface area contributed by atoms with Gasteiger partial charge in [-0.05, 0) is 17.7 Å². The fourth-order valence-electron chi connectivity index (χ4n) is 1.49. The summed E-state index contributed by atoms with van der Waals surface area (Å²) in [7, 11) is 3.36. The van der Waals surface area contributed by atoms with E-state index in [4.69, 9.17) is 21.1 Å². The van der Waals surface area contributed by atoms with Gasteiger partial charge in [-0.15, -0.1) is 0 Å². The van der Waals surface area contributed by atoms with Crippen LogP contribution in [0.4, 0.5) is 5.95 Å². The second-order valence-corrected chi connectivity index (χ2v) is 4.14. The summed E-state index contributed by atoms with van der Waals surface area (Å²) in [4.78, 5) is 8.13. The molecule has 0 saturated carbocycles. The minimum atomic E-state index is 0.351. The van der Waals surface area contributed by atoms with E-state index < -0.39 is 0 Å². The monoisotopic (exact) mass is 279 g/mol. The van der Waals surface area contributed by atoms with Gasteiger partial charge in [-0.3, -0.25) is 0 Å². The number of halogens is 1. The Labute approximate surface area is 116 Å². The predicted octanol–water partition coefficient (Wildman–Crippen LogP) is 2.76. The Hall–Kier alpha value is -2.01. The first-order valence-electron chi connectivity index (χ1n) is 5.69. The van der Waals surface area contributed by atoms with Crippen LogP contribution in [-0.2, 0) is 6.61 Å². The van der Waals surface area contributed by atoms with Crippen molar-refractivity contribution in [1.29, 1.82) is 0 Å². The molecule has 0 unspecified atom stereocenters. The van der Waals surface area contributed by atoms with Crippen LogP contribution in [0.25, 0.3) is 0 Å². The van der Waals surface area contributed by atoms with Crippen molar-refractivity contribution in [3.05, 3.63) is 41.0 Å². The van der Waals surface area contributed by atoms with E-state index >= 15 is 0 Å². The molecule has 100 valence electrons. The Morgan fingerprint density at radius 2 is 2.21 bits per heavy atom. The lowest BCUT2D eigenvalue weighted by Gasteiger charge is -2.09. The molecule has 2 aromatic rings. The van der Waals surface area contributed by atoms with Gasteiger partial charge in [-0.2, -0.15) is 4.98 Å². The molecule has 2 rings (SSSR count). The fraction of sp³-hybridized carbons (Fsp3) is 0.231. The molecule has 0 fully saturated rings. The summed E-state index contributed by atoms with van der Waals surface area (Å²) in [6.07, 6.45) is 1.50. The van der Waals surface area contributed by atoms with Crippen LogP contribution in [0.3, 0.4) is 0 Å². The average Bonchev–Trinajstić information content (AvgIpc) is 2.46. The highest BCUT2D eigenvalue weighted by atomic mass is 35.5. The summed E-state index contributed by atoms with van der Waals surface area (Å²) in [5.74, 6) is 1.60. The first-order valence-corrected chi connectivity index (χ1v) is 6.06. The van der Waals surface area contributed by atoms with Crippen LogP contribution in [0.15, 0.2) is 30.5 Å². The van der Waals surface area contributed by atoms with Crippen LogP contribution in [0.5, 0.6) is 11.6 Å². The predicted molar refractivity (Wildman–Crippen MR) is 73.9 cm³/mol. The molecule has 0 radical (unpaired) electrons. The Morgan fingerprint density at radius 1 is 1.37 bits per heavy atom. The number of hydrogen-bond donors (Lipinski definition) is 1. The second kappa shape index (κ2) is 6.24. The molecule has 0 aliphatic rings. The lowest BCUT2D eigenvalue weighted by atomic mass is 10.2. The number of aromatic nitrogens is 2. The van der Waals surface area contributed by atoms with E-state index in [2.05, 4.69) is 15.3 Å². The molecule has 1 aromatic carbocycles. The maximum atomic E-state index is 5.98. The van der Waals surface area contributed by atoms with Crippen LogP contribution in [0.1, 0.15) is 5.56 Å². The number of ether oxygens (including phenoxy) is 2. The molecular weight excluding hydrogens is 266 g/mol.